The largest absolute Gasteiger partial charge is 0.464 e. The van der Waals surface area contributed by atoms with Crippen molar-refractivity contribution < 1.29 is 22.7 Å². The van der Waals surface area contributed by atoms with E-state index >= 15 is 0 Å². The molecule has 140 valence electrons. The fourth-order valence-electron chi connectivity index (χ4n) is 2.79. The van der Waals surface area contributed by atoms with Crippen molar-refractivity contribution in [3.05, 3.63) is 69.6 Å². The second-order valence-corrected chi connectivity index (χ2v) is 5.59. The Hall–Kier alpha value is -3.20. The van der Waals surface area contributed by atoms with Gasteiger partial charge in [0.2, 0.25) is 0 Å². The van der Waals surface area contributed by atoms with Crippen molar-refractivity contribution in [2.45, 2.75) is 12.7 Å². The average Bonchev–Trinajstić information content (AvgIpc) is 2.66. The average molecular weight is 377 g/mol. The highest BCUT2D eigenvalue weighted by Crippen LogP contribution is 2.30. The van der Waals surface area contributed by atoms with Crippen LogP contribution in [0.2, 0.25) is 0 Å². The zero-order valence-corrected chi connectivity index (χ0v) is 14.1. The van der Waals surface area contributed by atoms with Crippen LogP contribution in [0.15, 0.2) is 47.3 Å². The lowest BCUT2D eigenvalue weighted by Gasteiger charge is -2.18. The number of para-hydroxylation sites is 1. The minimum Gasteiger partial charge on any atom is -0.464 e. The van der Waals surface area contributed by atoms with Gasteiger partial charge in [-0.15, -0.1) is 0 Å². The first-order valence-corrected chi connectivity index (χ1v) is 7.79. The van der Waals surface area contributed by atoms with E-state index in [0.29, 0.717) is 5.69 Å². The summed E-state index contributed by atoms with van der Waals surface area (Å²) < 4.78 is 45.4. The van der Waals surface area contributed by atoms with Crippen LogP contribution in [0.3, 0.4) is 0 Å². The lowest BCUT2D eigenvalue weighted by molar-refractivity contribution is -0.141. The predicted molar refractivity (Wildman–Crippen MR) is 91.6 cm³/mol. The molecular formula is C18H14F3N3O3. The number of ether oxygens (including phenoxy) is 1. The topological polar surface area (TPSA) is 87.2 Å². The zero-order valence-electron chi connectivity index (χ0n) is 14.1. The maximum Gasteiger partial charge on any atom is 0.433 e. The Bertz CT molecular complexity index is 1080. The van der Waals surface area contributed by atoms with E-state index in [1.807, 2.05) is 0 Å². The van der Waals surface area contributed by atoms with Gasteiger partial charge in [0.1, 0.15) is 17.0 Å². The van der Waals surface area contributed by atoms with Gasteiger partial charge in [-0.3, -0.25) is 9.36 Å². The summed E-state index contributed by atoms with van der Waals surface area (Å²) in [5, 5.41) is -0.0834. The number of alkyl halides is 3. The fraction of sp³-hybridized carbons (Fsp3) is 0.167. The van der Waals surface area contributed by atoms with Gasteiger partial charge < -0.3 is 10.5 Å². The minimum atomic E-state index is -4.72. The third kappa shape index (κ3) is 3.17. The second kappa shape index (κ2) is 6.84. The maximum atomic E-state index is 13.2. The summed E-state index contributed by atoms with van der Waals surface area (Å²) in [4.78, 5) is 28.7. The van der Waals surface area contributed by atoms with Gasteiger partial charge in [0.15, 0.2) is 5.43 Å². The number of fused-ring (bicyclic) bond motifs is 1. The van der Waals surface area contributed by atoms with Gasteiger partial charge in [-0.05, 0) is 24.3 Å². The number of esters is 1. The Kier molecular flexibility index (Phi) is 4.71. The van der Waals surface area contributed by atoms with E-state index in [9.17, 15) is 22.8 Å². The highest BCUT2D eigenvalue weighted by molar-refractivity contribution is 5.94. The summed E-state index contributed by atoms with van der Waals surface area (Å²) in [6.45, 7) is -0.299. The molecule has 0 amide bonds. The van der Waals surface area contributed by atoms with Gasteiger partial charge in [0.05, 0.1) is 12.5 Å². The summed E-state index contributed by atoms with van der Waals surface area (Å²) >= 11 is 0. The van der Waals surface area contributed by atoms with Crippen molar-refractivity contribution in [3.63, 3.8) is 0 Å². The van der Waals surface area contributed by atoms with Crippen molar-refractivity contribution in [1.82, 2.24) is 9.55 Å². The number of carbonyl (C=O) groups excluding carboxylic acids is 1. The summed E-state index contributed by atoms with van der Waals surface area (Å²) in [5.41, 5.74) is 3.52. The van der Waals surface area contributed by atoms with Crippen LogP contribution >= 0.6 is 0 Å². The predicted octanol–water partition coefficient (Wildman–Crippen LogP) is 2.65. The Morgan fingerprint density at radius 1 is 1.19 bits per heavy atom. The van der Waals surface area contributed by atoms with Crippen LogP contribution < -0.4 is 11.2 Å². The lowest BCUT2D eigenvalue weighted by Crippen LogP contribution is -2.27. The molecule has 0 aliphatic heterocycles. The SMILES string of the molecule is COC(=O)c1c(CN)c(=O)c2ccc(C(F)(F)F)nc2n1-c1ccccc1. The van der Waals surface area contributed by atoms with Crippen molar-refractivity contribution >= 4 is 17.0 Å². The van der Waals surface area contributed by atoms with Crippen LogP contribution in [0.1, 0.15) is 21.7 Å². The Morgan fingerprint density at radius 2 is 1.85 bits per heavy atom. The third-order valence-electron chi connectivity index (χ3n) is 4.00. The van der Waals surface area contributed by atoms with Crippen molar-refractivity contribution in [2.75, 3.05) is 7.11 Å². The second-order valence-electron chi connectivity index (χ2n) is 5.59. The number of hydrogen-bond acceptors (Lipinski definition) is 5. The molecule has 0 atom stereocenters. The number of benzene rings is 1. The van der Waals surface area contributed by atoms with E-state index in [1.165, 1.54) is 4.57 Å². The summed E-state index contributed by atoms with van der Waals surface area (Å²) in [7, 11) is 1.10. The van der Waals surface area contributed by atoms with Crippen molar-refractivity contribution in [1.29, 1.82) is 0 Å². The standard InChI is InChI=1S/C18H14F3N3O3/c1-27-17(26)14-12(9-22)15(25)11-7-8-13(18(19,20)21)23-16(11)24(14)10-5-3-2-4-6-10/h2-8H,9,22H2,1H3. The summed E-state index contributed by atoms with van der Waals surface area (Å²) in [5.74, 6) is -0.905. The first kappa shape index (κ1) is 18.6. The molecule has 0 radical (unpaired) electrons. The summed E-state index contributed by atoms with van der Waals surface area (Å²) in [6, 6.07) is 9.86. The maximum absolute atomic E-state index is 13.2. The van der Waals surface area contributed by atoms with E-state index < -0.39 is 23.3 Å². The number of hydrogen-bond donors (Lipinski definition) is 1. The van der Waals surface area contributed by atoms with Crippen LogP contribution in [-0.4, -0.2) is 22.6 Å². The number of carbonyl (C=O) groups is 1. The van der Waals surface area contributed by atoms with Crippen LogP contribution in [0, 0.1) is 0 Å². The molecule has 0 fully saturated rings. The van der Waals surface area contributed by atoms with Crippen LogP contribution in [0.4, 0.5) is 13.2 Å². The van der Waals surface area contributed by atoms with Gasteiger partial charge in [0, 0.05) is 17.8 Å². The van der Waals surface area contributed by atoms with E-state index in [4.69, 9.17) is 10.5 Å². The molecule has 3 aromatic rings. The Labute approximate surface area is 151 Å². The molecule has 1 aromatic carbocycles. The Morgan fingerprint density at radius 3 is 2.41 bits per heavy atom. The van der Waals surface area contributed by atoms with Crippen LogP contribution in [-0.2, 0) is 17.5 Å². The molecule has 0 bridgehead atoms. The number of rotatable bonds is 3. The zero-order chi connectivity index (χ0) is 19.8. The molecule has 27 heavy (non-hydrogen) atoms. The van der Waals surface area contributed by atoms with Gasteiger partial charge in [-0.1, -0.05) is 18.2 Å². The minimum absolute atomic E-state index is 0.0697. The summed E-state index contributed by atoms with van der Waals surface area (Å²) in [6.07, 6.45) is -4.72. The van der Waals surface area contributed by atoms with Gasteiger partial charge in [0.25, 0.3) is 0 Å². The molecule has 2 aromatic heterocycles. The van der Waals surface area contributed by atoms with Gasteiger partial charge in [-0.25, -0.2) is 9.78 Å². The first-order chi connectivity index (χ1) is 12.8. The first-order valence-electron chi connectivity index (χ1n) is 7.79. The molecule has 0 unspecified atom stereocenters. The molecule has 6 nitrogen and oxygen atoms in total. The van der Waals surface area contributed by atoms with Crippen LogP contribution in [0.25, 0.3) is 16.7 Å². The smallest absolute Gasteiger partial charge is 0.433 e. The Balaban J connectivity index is 2.57. The highest BCUT2D eigenvalue weighted by atomic mass is 19.4. The molecule has 0 aliphatic rings. The van der Waals surface area contributed by atoms with Gasteiger partial charge in [-0.2, -0.15) is 13.2 Å². The number of nitrogens with two attached hydrogens (primary N) is 1. The number of pyridine rings is 2. The number of methoxy groups -OCH3 is 1. The highest BCUT2D eigenvalue weighted by Gasteiger charge is 2.34. The molecule has 0 spiro atoms. The van der Waals surface area contributed by atoms with E-state index in [0.717, 1.165) is 19.2 Å². The third-order valence-corrected chi connectivity index (χ3v) is 4.00. The molecule has 3 rings (SSSR count). The van der Waals surface area contributed by atoms with Crippen LogP contribution in [0.5, 0.6) is 0 Å². The molecule has 9 heteroatoms. The normalized spacial score (nSPS) is 11.6. The lowest BCUT2D eigenvalue weighted by atomic mass is 10.1. The number of nitrogens with zero attached hydrogens (tertiary/aromatic N) is 2. The number of halogens is 3. The molecular weight excluding hydrogens is 363 g/mol. The van der Waals surface area contributed by atoms with E-state index in [2.05, 4.69) is 4.98 Å². The van der Waals surface area contributed by atoms with E-state index in [1.54, 1.807) is 30.3 Å². The molecule has 0 saturated carbocycles. The molecule has 2 heterocycles. The van der Waals surface area contributed by atoms with Crippen molar-refractivity contribution in [2.24, 2.45) is 5.73 Å². The van der Waals surface area contributed by atoms with Gasteiger partial charge >= 0.3 is 12.1 Å². The quantitative estimate of drug-likeness (QED) is 0.709. The molecule has 2 N–H and O–H groups in total. The monoisotopic (exact) mass is 377 g/mol. The number of aromatic nitrogens is 2. The van der Waals surface area contributed by atoms with Crippen molar-refractivity contribution in [3.8, 4) is 5.69 Å². The molecule has 0 aliphatic carbocycles. The van der Waals surface area contributed by atoms with E-state index in [-0.39, 0.29) is 28.8 Å². The molecule has 0 saturated heterocycles. The fourth-order valence-corrected chi connectivity index (χ4v) is 2.79.